The van der Waals surface area contributed by atoms with Crippen molar-refractivity contribution < 1.29 is 57.1 Å². The lowest BCUT2D eigenvalue weighted by atomic mass is 9.68. The van der Waals surface area contributed by atoms with Crippen LogP contribution in [0.4, 0.5) is 0 Å². The summed E-state index contributed by atoms with van der Waals surface area (Å²) in [5.41, 5.74) is 1.97. The van der Waals surface area contributed by atoms with Crippen LogP contribution < -0.4 is 33.2 Å². The largest absolute Gasteiger partial charge is 0.497 e. The molecule has 0 bridgehead atoms. The molecule has 12 heteroatoms. The molecule has 0 aromatic heterocycles. The number of hydrogen-bond donors (Lipinski definition) is 0. The highest BCUT2D eigenvalue weighted by Gasteiger charge is 2.41. The number of ether oxygens (including phenoxy) is 8. The minimum Gasteiger partial charge on any atom is -0.497 e. The summed E-state index contributed by atoms with van der Waals surface area (Å²) in [4.78, 5) is 54.5. The number of methoxy groups -OCH3 is 4. The summed E-state index contributed by atoms with van der Waals surface area (Å²) < 4.78 is 47.2. The van der Waals surface area contributed by atoms with Crippen LogP contribution >= 0.6 is 0 Å². The van der Waals surface area contributed by atoms with Gasteiger partial charge in [0.05, 0.1) is 39.9 Å². The summed E-state index contributed by atoms with van der Waals surface area (Å²) in [6, 6.07) is 31.9. The number of rotatable bonds is 17. The van der Waals surface area contributed by atoms with Crippen molar-refractivity contribution in [2.24, 2.45) is 23.7 Å². The molecule has 0 spiro atoms. The third kappa shape index (κ3) is 11.1. The van der Waals surface area contributed by atoms with E-state index in [0.29, 0.717) is 67.7 Å². The van der Waals surface area contributed by atoms with Gasteiger partial charge in [0.2, 0.25) is 0 Å². The third-order valence-corrected chi connectivity index (χ3v) is 15.6. The molecule has 9 rings (SSSR count). The molecule has 1 atom stereocenters. The second kappa shape index (κ2) is 23.3. The van der Waals surface area contributed by atoms with Gasteiger partial charge in [0.25, 0.3) is 0 Å². The van der Waals surface area contributed by atoms with E-state index >= 15 is 0 Å². The normalized spacial score (nSPS) is 20.0. The van der Waals surface area contributed by atoms with Gasteiger partial charge in [-0.05, 0) is 146 Å². The quantitative estimate of drug-likeness (QED) is 0.0487. The predicted octanol–water partition coefficient (Wildman–Crippen LogP) is 13.9. The molecule has 0 N–H and O–H groups in total. The molecule has 0 saturated heterocycles. The average molecular weight is 1020 g/mol. The van der Waals surface area contributed by atoms with E-state index in [1.807, 2.05) is 48.6 Å². The topological polar surface area (TPSA) is 142 Å². The smallest absolute Gasteiger partial charge is 0.344 e. The van der Waals surface area contributed by atoms with Crippen molar-refractivity contribution in [2.45, 2.75) is 96.5 Å². The SMILES string of the molecule is CCCCC[C@H]1CC[C@H]([C@H]2CC[C@H](C(=O)Oc3ccc(-c4ccccc4C(=O)Oc4c(OC(C)=O)c(C(=O)OC)cc5c6c(ccc45)OC(c4ccc(OC)cc4)(c4ccc(OC)cc4OC)C=C6)cc3)CC2)CC1. The minimum absolute atomic E-state index is 0.127. The van der Waals surface area contributed by atoms with E-state index < -0.39 is 23.5 Å². The number of benzene rings is 6. The molecule has 390 valence electrons. The molecule has 1 heterocycles. The number of esters is 4. The molecule has 0 amide bonds. The van der Waals surface area contributed by atoms with Crippen LogP contribution in [0.1, 0.15) is 128 Å². The predicted molar refractivity (Wildman–Crippen MR) is 287 cm³/mol. The standard InChI is InChI=1S/C63H66O12/c1-7-8-9-12-40-15-17-41(18-16-40)42-19-21-44(22-20-42)60(65)73-47-27-23-43(24-28-47)49-13-10-11-14-52(49)62(67)74-58-51-32-34-56-50(53(51)38-54(61(66)71-6)59(58)72-39(2)64)35-36-63(75-56,45-25-29-46(68-3)30-26-45)55-33-31-48(69-4)37-57(55)70-5/h10-11,13-14,23-38,40-42,44H,7-9,12,15-22H2,1-6H3/t40-,41-,42-,44-,63?. The van der Waals surface area contributed by atoms with Gasteiger partial charge >= 0.3 is 23.9 Å². The van der Waals surface area contributed by atoms with Crippen LogP contribution in [0.2, 0.25) is 0 Å². The first-order chi connectivity index (χ1) is 36.5. The molecule has 6 aromatic carbocycles. The summed E-state index contributed by atoms with van der Waals surface area (Å²) >= 11 is 0. The van der Waals surface area contributed by atoms with Gasteiger partial charge in [0.1, 0.15) is 34.3 Å². The zero-order valence-corrected chi connectivity index (χ0v) is 43.7. The Kier molecular flexibility index (Phi) is 16.2. The molecule has 2 fully saturated rings. The molecule has 1 aliphatic heterocycles. The molecule has 2 aliphatic carbocycles. The Morgan fingerprint density at radius 3 is 1.96 bits per heavy atom. The van der Waals surface area contributed by atoms with Crippen molar-refractivity contribution in [1.29, 1.82) is 0 Å². The summed E-state index contributed by atoms with van der Waals surface area (Å²) in [5, 5.41) is 0.783. The molecule has 12 nitrogen and oxygen atoms in total. The molecule has 75 heavy (non-hydrogen) atoms. The summed E-state index contributed by atoms with van der Waals surface area (Å²) in [6.45, 7) is 3.46. The molecule has 3 aliphatic rings. The van der Waals surface area contributed by atoms with Crippen molar-refractivity contribution in [1.82, 2.24) is 0 Å². The van der Waals surface area contributed by atoms with Gasteiger partial charge in [0, 0.05) is 35.1 Å². The maximum absolute atomic E-state index is 14.6. The van der Waals surface area contributed by atoms with Crippen molar-refractivity contribution >= 4 is 40.7 Å². The molecular weight excluding hydrogens is 949 g/mol. The Hall–Kier alpha value is -7.60. The Morgan fingerprint density at radius 1 is 0.613 bits per heavy atom. The van der Waals surface area contributed by atoms with Gasteiger partial charge in [0.15, 0.2) is 17.1 Å². The summed E-state index contributed by atoms with van der Waals surface area (Å²) in [6.07, 6.45) is 18.3. The molecular formula is C63H66O12. The highest BCUT2D eigenvalue weighted by Crippen LogP contribution is 2.51. The first kappa shape index (κ1) is 52.3. The van der Waals surface area contributed by atoms with Crippen LogP contribution in [0.5, 0.6) is 40.2 Å². The van der Waals surface area contributed by atoms with E-state index in [1.54, 1.807) is 88.1 Å². The average Bonchev–Trinajstić information content (AvgIpc) is 3.46. The minimum atomic E-state index is -1.24. The van der Waals surface area contributed by atoms with E-state index in [2.05, 4.69) is 6.92 Å². The first-order valence-electron chi connectivity index (χ1n) is 26.3. The Balaban J connectivity index is 0.980. The number of carbonyl (C=O) groups excluding carboxylic acids is 4. The van der Waals surface area contributed by atoms with E-state index in [1.165, 1.54) is 71.5 Å². The lowest BCUT2D eigenvalue weighted by Gasteiger charge is -2.37. The van der Waals surface area contributed by atoms with Crippen LogP contribution in [0.25, 0.3) is 28.0 Å². The van der Waals surface area contributed by atoms with Crippen LogP contribution in [0.3, 0.4) is 0 Å². The van der Waals surface area contributed by atoms with Crippen molar-refractivity contribution in [2.75, 3.05) is 28.4 Å². The van der Waals surface area contributed by atoms with Crippen molar-refractivity contribution in [3.8, 4) is 51.4 Å². The Labute approximate surface area is 439 Å². The fourth-order valence-electron chi connectivity index (χ4n) is 11.5. The van der Waals surface area contributed by atoms with Crippen LogP contribution in [0, 0.1) is 23.7 Å². The second-order valence-corrected chi connectivity index (χ2v) is 20.0. The zero-order valence-electron chi connectivity index (χ0n) is 43.7. The van der Waals surface area contributed by atoms with Crippen LogP contribution in [-0.4, -0.2) is 52.3 Å². The van der Waals surface area contributed by atoms with Crippen molar-refractivity contribution in [3.63, 3.8) is 0 Å². The van der Waals surface area contributed by atoms with Crippen molar-refractivity contribution in [3.05, 3.63) is 143 Å². The van der Waals surface area contributed by atoms with E-state index in [0.717, 1.165) is 43.1 Å². The fourth-order valence-corrected chi connectivity index (χ4v) is 11.5. The van der Waals surface area contributed by atoms with Gasteiger partial charge in [-0.25, -0.2) is 9.59 Å². The van der Waals surface area contributed by atoms with Gasteiger partial charge < -0.3 is 37.9 Å². The lowest BCUT2D eigenvalue weighted by molar-refractivity contribution is -0.140. The van der Waals surface area contributed by atoms with Crippen LogP contribution in [-0.2, 0) is 19.9 Å². The Morgan fingerprint density at radius 2 is 1.29 bits per heavy atom. The fraction of sp³-hybridized carbons (Fsp3) is 0.365. The number of carbonyl (C=O) groups is 4. The molecule has 2 saturated carbocycles. The maximum Gasteiger partial charge on any atom is 0.344 e. The maximum atomic E-state index is 14.6. The number of unbranched alkanes of at least 4 members (excludes halogenated alkanes) is 2. The zero-order chi connectivity index (χ0) is 52.6. The van der Waals surface area contributed by atoms with E-state index in [-0.39, 0.29) is 34.5 Å². The summed E-state index contributed by atoms with van der Waals surface area (Å²) in [7, 11) is 5.96. The summed E-state index contributed by atoms with van der Waals surface area (Å²) in [5.74, 6) is 1.79. The molecule has 6 aromatic rings. The van der Waals surface area contributed by atoms with E-state index in [9.17, 15) is 19.2 Å². The first-order valence-corrected chi connectivity index (χ1v) is 26.3. The van der Waals surface area contributed by atoms with Gasteiger partial charge in [-0.2, -0.15) is 0 Å². The van der Waals surface area contributed by atoms with Gasteiger partial charge in [-0.3, -0.25) is 9.59 Å². The molecule has 1 unspecified atom stereocenters. The second-order valence-electron chi connectivity index (χ2n) is 20.0. The van der Waals surface area contributed by atoms with Gasteiger partial charge in [-0.1, -0.05) is 87.9 Å². The highest BCUT2D eigenvalue weighted by atomic mass is 16.6. The third-order valence-electron chi connectivity index (χ3n) is 15.6. The molecule has 0 radical (unpaired) electrons. The van der Waals surface area contributed by atoms with Crippen LogP contribution in [0.15, 0.2) is 115 Å². The van der Waals surface area contributed by atoms with E-state index in [4.69, 9.17) is 37.9 Å². The monoisotopic (exact) mass is 1010 g/mol. The van der Waals surface area contributed by atoms with Gasteiger partial charge in [-0.15, -0.1) is 0 Å². The number of hydrogen-bond acceptors (Lipinski definition) is 12. The number of fused-ring (bicyclic) bond motifs is 3. The Bertz CT molecular complexity index is 3070. The lowest BCUT2D eigenvalue weighted by Crippen LogP contribution is -2.34. The highest BCUT2D eigenvalue weighted by molar-refractivity contribution is 6.09.